The van der Waals surface area contributed by atoms with Gasteiger partial charge in [-0.1, -0.05) is 35.9 Å². The minimum absolute atomic E-state index is 0.00826. The molecule has 1 heterocycles. The van der Waals surface area contributed by atoms with Gasteiger partial charge in [0.25, 0.3) is 5.69 Å². The van der Waals surface area contributed by atoms with Gasteiger partial charge >= 0.3 is 5.97 Å². The van der Waals surface area contributed by atoms with Gasteiger partial charge in [0.15, 0.2) is 0 Å². The van der Waals surface area contributed by atoms with Crippen molar-refractivity contribution in [3.63, 3.8) is 0 Å². The Hall–Kier alpha value is -2.44. The highest BCUT2D eigenvalue weighted by molar-refractivity contribution is 6.30. The van der Waals surface area contributed by atoms with Gasteiger partial charge in [-0.2, -0.15) is 0 Å². The smallest absolute Gasteiger partial charge is 0.322 e. The number of hydrogen-bond acceptors (Lipinski definition) is 5. The molecule has 0 bridgehead atoms. The van der Waals surface area contributed by atoms with Crippen molar-refractivity contribution in [3.05, 3.63) is 74.8 Å². The van der Waals surface area contributed by atoms with Crippen LogP contribution in [0.15, 0.2) is 48.5 Å². The molecule has 0 spiro atoms. The lowest BCUT2D eigenvalue weighted by Gasteiger charge is -2.20. The van der Waals surface area contributed by atoms with Crippen molar-refractivity contribution in [1.29, 1.82) is 0 Å². The summed E-state index contributed by atoms with van der Waals surface area (Å²) in [6.07, 6.45) is 0.553. The number of rotatable bonds is 4. The molecular weight excluding hydrogens is 344 g/mol. The molecule has 25 heavy (non-hydrogen) atoms. The van der Waals surface area contributed by atoms with Crippen molar-refractivity contribution in [2.75, 3.05) is 7.11 Å². The number of benzene rings is 2. The number of hydrogen-bond donors (Lipinski definition) is 1. The van der Waals surface area contributed by atoms with Crippen LogP contribution in [0.3, 0.4) is 0 Å². The van der Waals surface area contributed by atoms with Crippen molar-refractivity contribution in [1.82, 2.24) is 5.32 Å². The largest absolute Gasteiger partial charge is 0.468 e. The summed E-state index contributed by atoms with van der Waals surface area (Å²) in [6, 6.07) is 13.4. The molecule has 0 aromatic heterocycles. The SMILES string of the molecule is COC(=O)C1CC(c2ccc([N+](=O)[O-])cc2)C(c2ccc(Cl)cc2)N1. The van der Waals surface area contributed by atoms with E-state index in [0.29, 0.717) is 11.4 Å². The fraction of sp³-hybridized carbons (Fsp3) is 0.278. The Labute approximate surface area is 149 Å². The summed E-state index contributed by atoms with van der Waals surface area (Å²) in [5.41, 5.74) is 1.98. The normalized spacial score (nSPS) is 22.6. The predicted molar refractivity (Wildman–Crippen MR) is 93.6 cm³/mol. The Kier molecular flexibility index (Phi) is 5.01. The number of carbonyl (C=O) groups is 1. The first-order chi connectivity index (χ1) is 12.0. The van der Waals surface area contributed by atoms with Gasteiger partial charge in [0, 0.05) is 29.1 Å². The van der Waals surface area contributed by atoms with E-state index < -0.39 is 11.0 Å². The average molecular weight is 361 g/mol. The van der Waals surface area contributed by atoms with Crippen molar-refractivity contribution in [2.45, 2.75) is 24.4 Å². The maximum atomic E-state index is 12.0. The minimum atomic E-state index is -0.426. The van der Waals surface area contributed by atoms with Crippen molar-refractivity contribution < 1.29 is 14.5 Å². The van der Waals surface area contributed by atoms with Gasteiger partial charge in [0.1, 0.15) is 6.04 Å². The lowest BCUT2D eigenvalue weighted by molar-refractivity contribution is -0.384. The van der Waals surface area contributed by atoms with Gasteiger partial charge in [0.2, 0.25) is 0 Å². The van der Waals surface area contributed by atoms with E-state index in [4.69, 9.17) is 16.3 Å². The van der Waals surface area contributed by atoms with Crippen LogP contribution in [0, 0.1) is 10.1 Å². The van der Waals surface area contributed by atoms with E-state index in [2.05, 4.69) is 5.32 Å². The molecule has 2 aromatic rings. The number of ether oxygens (including phenoxy) is 1. The Bertz CT molecular complexity index is 777. The van der Waals surface area contributed by atoms with E-state index in [0.717, 1.165) is 11.1 Å². The first-order valence-electron chi connectivity index (χ1n) is 7.83. The number of esters is 1. The van der Waals surface area contributed by atoms with Crippen LogP contribution in [0.4, 0.5) is 5.69 Å². The molecule has 2 aromatic carbocycles. The maximum Gasteiger partial charge on any atom is 0.322 e. The third kappa shape index (κ3) is 3.65. The number of nitro benzene ring substituents is 1. The number of nitro groups is 1. The number of carbonyl (C=O) groups excluding carboxylic acids is 1. The molecule has 0 radical (unpaired) electrons. The minimum Gasteiger partial charge on any atom is -0.468 e. The highest BCUT2D eigenvalue weighted by Crippen LogP contribution is 2.41. The van der Waals surface area contributed by atoms with E-state index in [1.165, 1.54) is 19.2 Å². The molecule has 3 rings (SSSR count). The summed E-state index contributed by atoms with van der Waals surface area (Å²) in [5.74, 6) is -0.325. The molecule has 3 atom stereocenters. The second-order valence-electron chi connectivity index (χ2n) is 5.96. The summed E-state index contributed by atoms with van der Waals surface area (Å²) in [7, 11) is 1.36. The van der Waals surface area contributed by atoms with Crippen LogP contribution in [0.2, 0.25) is 5.02 Å². The lowest BCUT2D eigenvalue weighted by atomic mass is 9.87. The van der Waals surface area contributed by atoms with Crippen LogP contribution < -0.4 is 5.32 Å². The highest BCUT2D eigenvalue weighted by Gasteiger charge is 2.39. The van der Waals surface area contributed by atoms with E-state index in [-0.39, 0.29) is 23.6 Å². The van der Waals surface area contributed by atoms with Gasteiger partial charge in [-0.05, 0) is 29.7 Å². The predicted octanol–water partition coefficient (Wildman–Crippen LogP) is 3.61. The number of methoxy groups -OCH3 is 1. The van der Waals surface area contributed by atoms with E-state index in [9.17, 15) is 14.9 Å². The molecule has 130 valence electrons. The van der Waals surface area contributed by atoms with E-state index in [1.54, 1.807) is 24.3 Å². The van der Waals surface area contributed by atoms with Crippen LogP contribution in [0.5, 0.6) is 0 Å². The lowest BCUT2D eigenvalue weighted by Crippen LogP contribution is -2.33. The zero-order valence-electron chi connectivity index (χ0n) is 13.5. The standard InChI is InChI=1S/C18H17ClN2O4/c1-25-18(22)16-10-15(11-4-8-14(9-5-11)21(23)24)17(20-16)12-2-6-13(19)7-3-12/h2-9,15-17,20H,10H2,1H3. The quantitative estimate of drug-likeness (QED) is 0.511. The highest BCUT2D eigenvalue weighted by atomic mass is 35.5. The molecule has 1 saturated heterocycles. The Morgan fingerprint density at radius 3 is 2.32 bits per heavy atom. The topological polar surface area (TPSA) is 81.5 Å². The van der Waals surface area contributed by atoms with Gasteiger partial charge in [-0.3, -0.25) is 20.2 Å². The van der Waals surface area contributed by atoms with Crippen LogP contribution in [-0.4, -0.2) is 24.0 Å². The Morgan fingerprint density at radius 1 is 1.16 bits per heavy atom. The van der Waals surface area contributed by atoms with Gasteiger partial charge < -0.3 is 4.74 Å². The third-order valence-electron chi connectivity index (χ3n) is 4.52. The molecule has 0 saturated carbocycles. The summed E-state index contributed by atoms with van der Waals surface area (Å²) in [6.45, 7) is 0. The second-order valence-corrected chi connectivity index (χ2v) is 6.40. The Morgan fingerprint density at radius 2 is 1.76 bits per heavy atom. The molecule has 0 amide bonds. The molecule has 3 unspecified atom stereocenters. The van der Waals surface area contributed by atoms with Gasteiger partial charge in [0.05, 0.1) is 12.0 Å². The zero-order chi connectivity index (χ0) is 18.0. The molecular formula is C18H17ClN2O4. The molecule has 1 N–H and O–H groups in total. The van der Waals surface area contributed by atoms with Crippen molar-refractivity contribution in [3.8, 4) is 0 Å². The maximum absolute atomic E-state index is 12.0. The number of nitrogens with one attached hydrogen (secondary N) is 1. The van der Waals surface area contributed by atoms with Gasteiger partial charge in [-0.15, -0.1) is 0 Å². The zero-order valence-corrected chi connectivity index (χ0v) is 14.3. The molecule has 7 heteroatoms. The fourth-order valence-corrected chi connectivity index (χ4v) is 3.39. The van der Waals surface area contributed by atoms with Gasteiger partial charge in [-0.25, -0.2) is 0 Å². The van der Waals surface area contributed by atoms with E-state index in [1.807, 2.05) is 12.1 Å². The van der Waals surface area contributed by atoms with Crippen molar-refractivity contribution in [2.24, 2.45) is 0 Å². The molecule has 6 nitrogen and oxygen atoms in total. The summed E-state index contributed by atoms with van der Waals surface area (Å²) < 4.78 is 4.86. The molecule has 1 aliphatic rings. The summed E-state index contributed by atoms with van der Waals surface area (Å²) in [5, 5.41) is 14.8. The first-order valence-corrected chi connectivity index (χ1v) is 8.21. The number of nitrogens with zero attached hydrogens (tertiary/aromatic N) is 1. The third-order valence-corrected chi connectivity index (χ3v) is 4.77. The molecule has 1 aliphatic heterocycles. The number of halogens is 1. The molecule has 1 fully saturated rings. The first kappa shape index (κ1) is 17.4. The van der Waals surface area contributed by atoms with E-state index >= 15 is 0 Å². The number of non-ortho nitro benzene ring substituents is 1. The van der Waals surface area contributed by atoms with Crippen LogP contribution in [0.25, 0.3) is 0 Å². The fourth-order valence-electron chi connectivity index (χ4n) is 3.27. The second kappa shape index (κ2) is 7.21. The summed E-state index contributed by atoms with van der Waals surface area (Å²) >= 11 is 5.96. The van der Waals surface area contributed by atoms with Crippen molar-refractivity contribution >= 4 is 23.3 Å². The van der Waals surface area contributed by atoms with Crippen LogP contribution >= 0.6 is 11.6 Å². The van der Waals surface area contributed by atoms with Crippen LogP contribution in [0.1, 0.15) is 29.5 Å². The Balaban J connectivity index is 1.93. The summed E-state index contributed by atoms with van der Waals surface area (Å²) in [4.78, 5) is 22.4. The monoisotopic (exact) mass is 360 g/mol. The average Bonchev–Trinajstić information content (AvgIpc) is 3.07. The van der Waals surface area contributed by atoms with Crippen LogP contribution in [-0.2, 0) is 9.53 Å². The molecule has 0 aliphatic carbocycles.